The van der Waals surface area contributed by atoms with Crippen molar-refractivity contribution < 1.29 is 14.3 Å². The van der Waals surface area contributed by atoms with Crippen molar-refractivity contribution in [1.29, 1.82) is 0 Å². The standard InChI is InChI=1S/C24H27ClN4O3/c1-14-20(23(31)28-18-10-16(25)9-17(11-18)27-15(2)30)13-26-29(14)19-7-8-22(32-6)21(12-19)24(3,4)5/h7-13H,1-6H3,(H,27,30)(H,28,31). The van der Waals surface area contributed by atoms with Gasteiger partial charge < -0.3 is 15.4 Å². The van der Waals surface area contributed by atoms with Crippen LogP contribution in [0.1, 0.15) is 49.3 Å². The Balaban J connectivity index is 1.91. The van der Waals surface area contributed by atoms with Crippen molar-refractivity contribution in [1.82, 2.24) is 9.78 Å². The van der Waals surface area contributed by atoms with Gasteiger partial charge in [-0.15, -0.1) is 0 Å². The molecule has 0 aliphatic rings. The first-order valence-corrected chi connectivity index (χ1v) is 10.5. The molecule has 8 heteroatoms. The van der Waals surface area contributed by atoms with Crippen LogP contribution in [0.25, 0.3) is 5.69 Å². The van der Waals surface area contributed by atoms with E-state index in [1.807, 2.05) is 25.1 Å². The number of nitrogens with zero attached hydrogens (tertiary/aromatic N) is 2. The molecule has 1 heterocycles. The second-order valence-corrected chi connectivity index (χ2v) is 8.99. The number of carbonyl (C=O) groups is 2. The molecule has 32 heavy (non-hydrogen) atoms. The Hall–Kier alpha value is -3.32. The molecule has 0 spiro atoms. The topological polar surface area (TPSA) is 85.2 Å². The minimum Gasteiger partial charge on any atom is -0.496 e. The summed E-state index contributed by atoms with van der Waals surface area (Å²) >= 11 is 6.13. The minimum atomic E-state index is -0.325. The lowest BCUT2D eigenvalue weighted by molar-refractivity contribution is -0.114. The molecule has 168 valence electrons. The van der Waals surface area contributed by atoms with Crippen LogP contribution in [-0.2, 0) is 10.2 Å². The van der Waals surface area contributed by atoms with Gasteiger partial charge in [0.15, 0.2) is 0 Å². The molecule has 0 saturated carbocycles. The summed E-state index contributed by atoms with van der Waals surface area (Å²) in [7, 11) is 1.65. The van der Waals surface area contributed by atoms with Gasteiger partial charge in [-0.2, -0.15) is 5.10 Å². The largest absolute Gasteiger partial charge is 0.496 e. The summed E-state index contributed by atoms with van der Waals surface area (Å²) in [4.78, 5) is 24.3. The van der Waals surface area contributed by atoms with Gasteiger partial charge in [-0.3, -0.25) is 9.59 Å². The fraction of sp³-hybridized carbons (Fsp3) is 0.292. The first-order chi connectivity index (χ1) is 15.0. The van der Waals surface area contributed by atoms with Crippen molar-refractivity contribution in [3.05, 3.63) is 64.4 Å². The zero-order valence-corrected chi connectivity index (χ0v) is 19.8. The van der Waals surface area contributed by atoms with Gasteiger partial charge in [0.05, 0.1) is 30.3 Å². The molecule has 0 fully saturated rings. The first-order valence-electron chi connectivity index (χ1n) is 10.1. The summed E-state index contributed by atoms with van der Waals surface area (Å²) in [5.41, 5.74) is 3.85. The maximum atomic E-state index is 12.9. The second-order valence-electron chi connectivity index (χ2n) is 8.55. The Bertz CT molecular complexity index is 1180. The van der Waals surface area contributed by atoms with Crippen LogP contribution >= 0.6 is 11.6 Å². The van der Waals surface area contributed by atoms with Crippen molar-refractivity contribution in [3.63, 3.8) is 0 Å². The summed E-state index contributed by atoms with van der Waals surface area (Å²) < 4.78 is 7.24. The van der Waals surface area contributed by atoms with Gasteiger partial charge >= 0.3 is 0 Å². The van der Waals surface area contributed by atoms with E-state index in [-0.39, 0.29) is 17.2 Å². The number of rotatable bonds is 5. The SMILES string of the molecule is COc1ccc(-n2ncc(C(=O)Nc3cc(Cl)cc(NC(C)=O)c3)c2C)cc1C(C)(C)C. The van der Waals surface area contributed by atoms with Crippen molar-refractivity contribution in [3.8, 4) is 11.4 Å². The normalized spacial score (nSPS) is 11.2. The minimum absolute atomic E-state index is 0.124. The summed E-state index contributed by atoms with van der Waals surface area (Å²) in [6.45, 7) is 9.59. The highest BCUT2D eigenvalue weighted by Crippen LogP contribution is 2.33. The van der Waals surface area contributed by atoms with Crippen LogP contribution in [0.3, 0.4) is 0 Å². The monoisotopic (exact) mass is 454 g/mol. The highest BCUT2D eigenvalue weighted by atomic mass is 35.5. The lowest BCUT2D eigenvalue weighted by Crippen LogP contribution is -2.15. The first kappa shape index (κ1) is 23.3. The number of benzene rings is 2. The van der Waals surface area contributed by atoms with Gasteiger partial charge in [0.25, 0.3) is 5.91 Å². The molecule has 0 bridgehead atoms. The van der Waals surface area contributed by atoms with Crippen LogP contribution in [0.2, 0.25) is 5.02 Å². The fourth-order valence-electron chi connectivity index (χ4n) is 3.44. The number of anilines is 2. The number of aromatic nitrogens is 2. The summed E-state index contributed by atoms with van der Waals surface area (Å²) in [6, 6.07) is 10.7. The molecule has 0 aliphatic heterocycles. The lowest BCUT2D eigenvalue weighted by atomic mass is 9.86. The number of amides is 2. The number of hydrogen-bond donors (Lipinski definition) is 2. The summed E-state index contributed by atoms with van der Waals surface area (Å²) in [5, 5.41) is 10.3. The highest BCUT2D eigenvalue weighted by Gasteiger charge is 2.21. The number of carbonyl (C=O) groups excluding carboxylic acids is 2. The second kappa shape index (κ2) is 9.04. The molecule has 2 aromatic carbocycles. The third-order valence-corrected chi connectivity index (χ3v) is 5.18. The quantitative estimate of drug-likeness (QED) is 0.544. The van der Waals surface area contributed by atoms with Gasteiger partial charge in [-0.1, -0.05) is 32.4 Å². The predicted molar refractivity (Wildman–Crippen MR) is 127 cm³/mol. The molecule has 1 aromatic heterocycles. The molecule has 0 saturated heterocycles. The Morgan fingerprint density at radius 3 is 2.31 bits per heavy atom. The number of hydrogen-bond acceptors (Lipinski definition) is 4. The van der Waals surface area contributed by atoms with Crippen molar-refractivity contribution in [2.75, 3.05) is 17.7 Å². The fourth-order valence-corrected chi connectivity index (χ4v) is 3.68. The molecule has 2 amide bonds. The molecule has 0 unspecified atom stereocenters. The third-order valence-electron chi connectivity index (χ3n) is 4.97. The van der Waals surface area contributed by atoms with Gasteiger partial charge in [-0.25, -0.2) is 4.68 Å². The average Bonchev–Trinajstić information content (AvgIpc) is 3.07. The molecule has 2 N–H and O–H groups in total. The smallest absolute Gasteiger partial charge is 0.259 e. The van der Waals surface area contributed by atoms with E-state index in [1.54, 1.807) is 30.0 Å². The molecule has 0 atom stereocenters. The van der Waals surface area contributed by atoms with E-state index in [4.69, 9.17) is 16.3 Å². The van der Waals surface area contributed by atoms with E-state index in [0.29, 0.717) is 27.7 Å². The van der Waals surface area contributed by atoms with Crippen molar-refractivity contribution in [2.24, 2.45) is 0 Å². The molecule has 0 radical (unpaired) electrons. The van der Waals surface area contributed by atoms with Crippen LogP contribution in [0.5, 0.6) is 5.75 Å². The molecular weight excluding hydrogens is 428 g/mol. The van der Waals surface area contributed by atoms with Gasteiger partial charge in [-0.05, 0) is 48.7 Å². The Morgan fingerprint density at radius 2 is 1.72 bits per heavy atom. The Labute approximate surface area is 192 Å². The van der Waals surface area contributed by atoms with Gasteiger partial charge in [0.1, 0.15) is 5.75 Å². The molecule has 7 nitrogen and oxygen atoms in total. The van der Waals surface area contributed by atoms with E-state index in [0.717, 1.165) is 17.0 Å². The zero-order valence-electron chi connectivity index (χ0n) is 19.0. The number of halogens is 1. The number of nitrogens with one attached hydrogen (secondary N) is 2. The Morgan fingerprint density at radius 1 is 1.06 bits per heavy atom. The summed E-state index contributed by atoms with van der Waals surface area (Å²) in [6.07, 6.45) is 1.53. The average molecular weight is 455 g/mol. The summed E-state index contributed by atoms with van der Waals surface area (Å²) in [5.74, 6) is 0.255. The highest BCUT2D eigenvalue weighted by molar-refractivity contribution is 6.31. The molecular formula is C24H27ClN4O3. The molecule has 3 aromatic rings. The van der Waals surface area contributed by atoms with Crippen LogP contribution in [0.4, 0.5) is 11.4 Å². The van der Waals surface area contributed by atoms with E-state index in [1.165, 1.54) is 13.1 Å². The number of methoxy groups -OCH3 is 1. The van der Waals surface area contributed by atoms with Crippen molar-refractivity contribution >= 4 is 34.8 Å². The zero-order chi connectivity index (χ0) is 23.6. The van der Waals surface area contributed by atoms with Crippen LogP contribution in [0.15, 0.2) is 42.6 Å². The van der Waals surface area contributed by atoms with Crippen molar-refractivity contribution in [2.45, 2.75) is 40.0 Å². The van der Waals surface area contributed by atoms with Gasteiger partial charge in [0, 0.05) is 28.9 Å². The van der Waals surface area contributed by atoms with Gasteiger partial charge in [0.2, 0.25) is 5.91 Å². The maximum Gasteiger partial charge on any atom is 0.259 e. The van der Waals surface area contributed by atoms with E-state index >= 15 is 0 Å². The molecule has 0 aliphatic carbocycles. The van der Waals surface area contributed by atoms with E-state index in [9.17, 15) is 9.59 Å². The van der Waals surface area contributed by atoms with Crippen LogP contribution in [-0.4, -0.2) is 28.7 Å². The molecule has 3 rings (SSSR count). The van der Waals surface area contributed by atoms with E-state index in [2.05, 4.69) is 36.5 Å². The van der Waals surface area contributed by atoms with Crippen LogP contribution < -0.4 is 15.4 Å². The number of ether oxygens (including phenoxy) is 1. The Kier molecular flexibility index (Phi) is 6.60. The van der Waals surface area contributed by atoms with Crippen LogP contribution in [0, 0.1) is 6.92 Å². The third kappa shape index (κ3) is 5.11. The predicted octanol–water partition coefficient (Wildman–Crippen LogP) is 5.35. The maximum absolute atomic E-state index is 12.9. The lowest BCUT2D eigenvalue weighted by Gasteiger charge is -2.23. The van der Waals surface area contributed by atoms with E-state index < -0.39 is 0 Å².